The molecule has 1 aliphatic heterocycles. The van der Waals surface area contributed by atoms with Crippen LogP contribution in [0.2, 0.25) is 0 Å². The minimum absolute atomic E-state index is 0.288. The van der Waals surface area contributed by atoms with Gasteiger partial charge in [-0.05, 0) is 63.3 Å². The molecule has 6 heteroatoms. The van der Waals surface area contributed by atoms with Crippen LogP contribution in [0.15, 0.2) is 29.2 Å². The largest absolute Gasteiger partial charge is 0.490 e. The first-order valence-electron chi connectivity index (χ1n) is 9.51. The summed E-state index contributed by atoms with van der Waals surface area (Å²) in [6.07, 6.45) is 6.02. The van der Waals surface area contributed by atoms with Gasteiger partial charge in [-0.3, -0.25) is 4.90 Å². The lowest BCUT2D eigenvalue weighted by Crippen LogP contribution is -2.51. The molecule has 25 heavy (non-hydrogen) atoms. The van der Waals surface area contributed by atoms with Crippen molar-refractivity contribution in [2.45, 2.75) is 63.0 Å². The van der Waals surface area contributed by atoms with E-state index in [4.69, 9.17) is 4.74 Å². The lowest BCUT2D eigenvalue weighted by molar-refractivity contribution is 0.142. The first kappa shape index (κ1) is 18.7. The van der Waals surface area contributed by atoms with E-state index in [0.29, 0.717) is 24.0 Å². The lowest BCUT2D eigenvalue weighted by atomic mass is 10.2. The van der Waals surface area contributed by atoms with Gasteiger partial charge in [0.05, 0.1) is 11.0 Å². The van der Waals surface area contributed by atoms with E-state index < -0.39 is 10.0 Å². The Morgan fingerprint density at radius 2 is 1.68 bits per heavy atom. The van der Waals surface area contributed by atoms with Crippen molar-refractivity contribution >= 4 is 10.0 Å². The van der Waals surface area contributed by atoms with Crippen molar-refractivity contribution < 1.29 is 13.2 Å². The van der Waals surface area contributed by atoms with Crippen LogP contribution >= 0.6 is 0 Å². The normalized spacial score (nSPS) is 22.2. The van der Waals surface area contributed by atoms with Crippen molar-refractivity contribution in [3.63, 3.8) is 0 Å². The molecular weight excluding hydrogens is 336 g/mol. The molecule has 0 bridgehead atoms. The van der Waals surface area contributed by atoms with Crippen molar-refractivity contribution in [1.82, 2.24) is 9.21 Å². The van der Waals surface area contributed by atoms with Crippen molar-refractivity contribution in [2.75, 3.05) is 26.2 Å². The van der Waals surface area contributed by atoms with Gasteiger partial charge in [0.15, 0.2) is 0 Å². The maximum Gasteiger partial charge on any atom is 0.243 e. The van der Waals surface area contributed by atoms with Crippen LogP contribution in [0.1, 0.15) is 46.0 Å². The summed E-state index contributed by atoms with van der Waals surface area (Å²) in [5, 5.41) is 0. The van der Waals surface area contributed by atoms with E-state index in [-0.39, 0.29) is 6.10 Å². The quantitative estimate of drug-likeness (QED) is 0.776. The molecule has 1 aromatic rings. The number of rotatable bonds is 6. The molecule has 2 aliphatic rings. The van der Waals surface area contributed by atoms with Gasteiger partial charge in [0, 0.05) is 32.2 Å². The molecule has 0 N–H and O–H groups in total. The first-order valence-corrected chi connectivity index (χ1v) is 11.0. The van der Waals surface area contributed by atoms with Crippen LogP contribution in [0.25, 0.3) is 0 Å². The van der Waals surface area contributed by atoms with Crippen LogP contribution in [-0.4, -0.2) is 55.9 Å². The number of hydrogen-bond acceptors (Lipinski definition) is 4. The molecule has 1 aliphatic carbocycles. The third kappa shape index (κ3) is 4.36. The summed E-state index contributed by atoms with van der Waals surface area (Å²) < 4.78 is 33.2. The number of piperazine rings is 1. The molecule has 1 unspecified atom stereocenters. The van der Waals surface area contributed by atoms with Crippen molar-refractivity contribution in [3.05, 3.63) is 24.3 Å². The Bertz CT molecular complexity index is 646. The molecule has 1 aromatic carbocycles. The summed E-state index contributed by atoms with van der Waals surface area (Å²) in [5.74, 6) is 0.771. The second-order valence-electron chi connectivity index (χ2n) is 7.19. The molecule has 0 spiro atoms. The standard InChI is InChI=1S/C19H30N2O3S/c1-3-16(2)20-12-14-21(15-13-20)25(22,23)19-10-8-18(9-11-19)24-17-6-4-5-7-17/h8-11,16-17H,3-7,12-15H2,1-2H3. The van der Waals surface area contributed by atoms with Gasteiger partial charge in [-0.1, -0.05) is 6.92 Å². The van der Waals surface area contributed by atoms with Gasteiger partial charge in [-0.25, -0.2) is 8.42 Å². The Kier molecular flexibility index (Phi) is 6.02. The Morgan fingerprint density at radius 3 is 2.24 bits per heavy atom. The van der Waals surface area contributed by atoms with E-state index >= 15 is 0 Å². The molecule has 1 atom stereocenters. The van der Waals surface area contributed by atoms with Gasteiger partial charge >= 0.3 is 0 Å². The van der Waals surface area contributed by atoms with Gasteiger partial charge in [0.2, 0.25) is 10.0 Å². The molecule has 5 nitrogen and oxygen atoms in total. The maximum atomic E-state index is 12.9. The maximum absolute atomic E-state index is 12.9. The van der Waals surface area contributed by atoms with Crippen LogP contribution in [0.5, 0.6) is 5.75 Å². The predicted molar refractivity (Wildman–Crippen MR) is 99.4 cm³/mol. The average molecular weight is 367 g/mol. The molecule has 140 valence electrons. The zero-order valence-electron chi connectivity index (χ0n) is 15.4. The van der Waals surface area contributed by atoms with E-state index in [1.54, 1.807) is 28.6 Å². The van der Waals surface area contributed by atoms with Gasteiger partial charge in [-0.2, -0.15) is 4.31 Å². The fraction of sp³-hybridized carbons (Fsp3) is 0.684. The highest BCUT2D eigenvalue weighted by Gasteiger charge is 2.29. The van der Waals surface area contributed by atoms with E-state index in [2.05, 4.69) is 18.7 Å². The minimum Gasteiger partial charge on any atom is -0.490 e. The highest BCUT2D eigenvalue weighted by Crippen LogP contribution is 2.26. The van der Waals surface area contributed by atoms with Crippen molar-refractivity contribution in [1.29, 1.82) is 0 Å². The SMILES string of the molecule is CCC(C)N1CCN(S(=O)(=O)c2ccc(OC3CCCC3)cc2)CC1. The summed E-state index contributed by atoms with van der Waals surface area (Å²) in [6.45, 7) is 7.10. The van der Waals surface area contributed by atoms with E-state index in [1.807, 2.05) is 0 Å². The third-order valence-corrected chi connectivity index (χ3v) is 7.47. The van der Waals surface area contributed by atoms with E-state index in [9.17, 15) is 8.42 Å². The zero-order chi connectivity index (χ0) is 17.9. The summed E-state index contributed by atoms with van der Waals surface area (Å²) in [6, 6.07) is 7.46. The molecule has 3 rings (SSSR count). The number of ether oxygens (including phenoxy) is 1. The van der Waals surface area contributed by atoms with Gasteiger partial charge in [0.1, 0.15) is 5.75 Å². The molecule has 1 heterocycles. The molecule has 0 radical (unpaired) electrons. The molecule has 1 saturated carbocycles. The third-order valence-electron chi connectivity index (χ3n) is 5.55. The molecule has 0 amide bonds. The summed E-state index contributed by atoms with van der Waals surface area (Å²) in [4.78, 5) is 2.73. The fourth-order valence-corrected chi connectivity index (χ4v) is 5.10. The first-order chi connectivity index (χ1) is 12.0. The lowest BCUT2D eigenvalue weighted by Gasteiger charge is -2.37. The van der Waals surface area contributed by atoms with Crippen molar-refractivity contribution in [2.24, 2.45) is 0 Å². The van der Waals surface area contributed by atoms with Crippen LogP contribution < -0.4 is 4.74 Å². The van der Waals surface area contributed by atoms with Crippen LogP contribution in [-0.2, 0) is 10.0 Å². The van der Waals surface area contributed by atoms with E-state index in [1.165, 1.54) is 12.8 Å². The second kappa shape index (κ2) is 8.06. The monoisotopic (exact) mass is 366 g/mol. The Labute approximate surface area is 152 Å². The summed E-state index contributed by atoms with van der Waals surface area (Å²) in [5.41, 5.74) is 0. The average Bonchev–Trinajstić information content (AvgIpc) is 3.14. The number of benzene rings is 1. The predicted octanol–water partition coefficient (Wildman–Crippen LogP) is 3.11. The highest BCUT2D eigenvalue weighted by molar-refractivity contribution is 7.89. The fourth-order valence-electron chi connectivity index (χ4n) is 3.68. The molecule has 1 saturated heterocycles. The van der Waals surface area contributed by atoms with Crippen LogP contribution in [0, 0.1) is 0 Å². The molecule has 0 aromatic heterocycles. The second-order valence-corrected chi connectivity index (χ2v) is 9.13. The molecule has 2 fully saturated rings. The zero-order valence-corrected chi connectivity index (χ0v) is 16.2. The summed E-state index contributed by atoms with van der Waals surface area (Å²) in [7, 11) is -3.41. The van der Waals surface area contributed by atoms with Gasteiger partial charge < -0.3 is 4.74 Å². The smallest absolute Gasteiger partial charge is 0.243 e. The number of hydrogen-bond donors (Lipinski definition) is 0. The van der Waals surface area contributed by atoms with Crippen LogP contribution in [0.4, 0.5) is 0 Å². The minimum atomic E-state index is -3.41. The van der Waals surface area contributed by atoms with Gasteiger partial charge in [0.25, 0.3) is 0 Å². The summed E-state index contributed by atoms with van der Waals surface area (Å²) >= 11 is 0. The number of nitrogens with zero attached hydrogens (tertiary/aromatic N) is 2. The Hall–Kier alpha value is -1.11. The highest BCUT2D eigenvalue weighted by atomic mass is 32.2. The Morgan fingerprint density at radius 1 is 1.08 bits per heavy atom. The van der Waals surface area contributed by atoms with Crippen LogP contribution in [0.3, 0.4) is 0 Å². The molecular formula is C19H30N2O3S. The van der Waals surface area contributed by atoms with Crippen molar-refractivity contribution in [3.8, 4) is 5.75 Å². The Balaban J connectivity index is 1.62. The van der Waals surface area contributed by atoms with E-state index in [0.717, 1.165) is 38.1 Å². The number of sulfonamides is 1. The van der Waals surface area contributed by atoms with Gasteiger partial charge in [-0.15, -0.1) is 0 Å². The topological polar surface area (TPSA) is 49.9 Å².